The third kappa shape index (κ3) is 15.6. The Morgan fingerprint density at radius 2 is 1.41 bits per heavy atom. The van der Waals surface area contributed by atoms with Gasteiger partial charge >= 0.3 is 0 Å². The van der Waals surface area contributed by atoms with Crippen molar-refractivity contribution in [3.63, 3.8) is 0 Å². The molecule has 0 aromatic heterocycles. The Kier molecular flexibility index (Phi) is 11.8. The van der Waals surface area contributed by atoms with Gasteiger partial charge in [0.15, 0.2) is 0 Å². The fraction of sp³-hybridized carbons (Fsp3) is 0.905. The first-order valence-corrected chi connectivity index (χ1v) is 10.4. The zero-order chi connectivity index (χ0) is 21.1. The van der Waals surface area contributed by atoms with E-state index in [1.165, 1.54) is 0 Å². The van der Waals surface area contributed by atoms with E-state index in [0.29, 0.717) is 6.54 Å². The Morgan fingerprint density at radius 1 is 0.852 bits per heavy atom. The molecule has 0 bridgehead atoms. The number of carbonyl (C=O) groups excluding carboxylic acids is 2. The second-order valence-corrected chi connectivity index (χ2v) is 9.71. The topological polar surface area (TPSA) is 96.2 Å². The van der Waals surface area contributed by atoms with E-state index in [1.807, 2.05) is 6.92 Å². The molecule has 0 saturated heterocycles. The van der Waals surface area contributed by atoms with Gasteiger partial charge in [0.2, 0.25) is 11.8 Å². The van der Waals surface area contributed by atoms with Crippen LogP contribution in [0.2, 0.25) is 0 Å². The molecule has 0 aliphatic rings. The predicted molar refractivity (Wildman–Crippen MR) is 114 cm³/mol. The average molecular weight is 385 g/mol. The number of rotatable bonds is 13. The van der Waals surface area contributed by atoms with Crippen LogP contribution < -0.4 is 21.7 Å². The number of nitrogens with one attached hydrogen (secondary N) is 3. The molecule has 0 aliphatic carbocycles. The predicted octanol–water partition coefficient (Wildman–Crippen LogP) is 2.71. The van der Waals surface area contributed by atoms with Gasteiger partial charge in [0.1, 0.15) is 0 Å². The first-order valence-electron chi connectivity index (χ1n) is 10.4. The van der Waals surface area contributed by atoms with E-state index in [1.54, 1.807) is 0 Å². The Bertz CT molecular complexity index is 438. The smallest absolute Gasteiger partial charge is 0.237 e. The summed E-state index contributed by atoms with van der Waals surface area (Å²) in [7, 11) is 0. The maximum Gasteiger partial charge on any atom is 0.237 e. The first kappa shape index (κ1) is 25.9. The quantitative estimate of drug-likeness (QED) is 0.367. The summed E-state index contributed by atoms with van der Waals surface area (Å²) in [4.78, 5) is 23.6. The number of nitrogens with two attached hydrogens (primary N) is 1. The highest BCUT2D eigenvalue weighted by atomic mass is 16.2. The monoisotopic (exact) mass is 384 g/mol. The van der Waals surface area contributed by atoms with E-state index in [-0.39, 0.29) is 34.9 Å². The third-order valence-corrected chi connectivity index (χ3v) is 4.35. The third-order valence-electron chi connectivity index (χ3n) is 4.35. The van der Waals surface area contributed by atoms with Gasteiger partial charge in [0, 0.05) is 23.5 Å². The zero-order valence-corrected chi connectivity index (χ0v) is 18.7. The summed E-state index contributed by atoms with van der Waals surface area (Å²) >= 11 is 0. The number of hydrogen-bond acceptors (Lipinski definition) is 4. The van der Waals surface area contributed by atoms with Gasteiger partial charge in [-0.25, -0.2) is 0 Å². The van der Waals surface area contributed by atoms with Gasteiger partial charge in [-0.15, -0.1) is 0 Å². The molecule has 0 saturated carbocycles. The minimum absolute atomic E-state index is 0.0663. The summed E-state index contributed by atoms with van der Waals surface area (Å²) in [5, 5.41) is 9.97. The Labute approximate surface area is 166 Å². The van der Waals surface area contributed by atoms with Crippen molar-refractivity contribution in [1.29, 1.82) is 0 Å². The van der Waals surface area contributed by atoms with Crippen LogP contribution in [0.5, 0.6) is 0 Å². The summed E-state index contributed by atoms with van der Waals surface area (Å²) < 4.78 is 0. The van der Waals surface area contributed by atoms with E-state index in [4.69, 9.17) is 5.73 Å². The van der Waals surface area contributed by atoms with Crippen LogP contribution in [0.3, 0.4) is 0 Å². The second-order valence-electron chi connectivity index (χ2n) is 9.71. The molecule has 0 aromatic carbocycles. The van der Waals surface area contributed by atoms with Crippen molar-refractivity contribution in [1.82, 2.24) is 16.0 Å². The van der Waals surface area contributed by atoms with E-state index in [0.717, 1.165) is 45.1 Å². The lowest BCUT2D eigenvalue weighted by Crippen LogP contribution is -2.51. The zero-order valence-electron chi connectivity index (χ0n) is 18.7. The Balaban J connectivity index is 4.25. The molecule has 0 spiro atoms. The Hall–Kier alpha value is -1.14. The first-order chi connectivity index (χ1) is 12.3. The molecule has 27 heavy (non-hydrogen) atoms. The van der Waals surface area contributed by atoms with Crippen LogP contribution in [0.1, 0.15) is 87.0 Å². The van der Waals surface area contributed by atoms with Crippen LogP contribution in [0, 0.1) is 5.92 Å². The molecular weight excluding hydrogens is 340 g/mol. The highest BCUT2D eigenvalue weighted by Gasteiger charge is 2.23. The van der Waals surface area contributed by atoms with Gasteiger partial charge in [0.05, 0.1) is 6.04 Å². The molecular formula is C21H44N4O2. The van der Waals surface area contributed by atoms with Gasteiger partial charge in [-0.1, -0.05) is 19.8 Å². The van der Waals surface area contributed by atoms with Crippen molar-refractivity contribution in [2.24, 2.45) is 11.7 Å². The van der Waals surface area contributed by atoms with E-state index in [9.17, 15) is 9.59 Å². The number of primary amides is 1. The summed E-state index contributed by atoms with van der Waals surface area (Å²) in [6.07, 6.45) is 5.41. The SMILES string of the molecule is CC(CCCCNC(=O)C(CCCCNC(C)(C)C)NC(C)(C)C)C(N)=O. The van der Waals surface area contributed by atoms with E-state index in [2.05, 4.69) is 57.5 Å². The van der Waals surface area contributed by atoms with Crippen molar-refractivity contribution < 1.29 is 9.59 Å². The standard InChI is InChI=1S/C21H44N4O2/c1-16(18(22)26)12-8-10-14-23-19(27)17(25-21(5,6)7)13-9-11-15-24-20(2,3)4/h16-17,24-25H,8-15H2,1-7H3,(H2,22,26)(H,23,27). The number of carbonyl (C=O) groups is 2. The van der Waals surface area contributed by atoms with Crippen LogP contribution in [-0.2, 0) is 9.59 Å². The molecule has 0 rings (SSSR count). The van der Waals surface area contributed by atoms with E-state index >= 15 is 0 Å². The van der Waals surface area contributed by atoms with Crippen molar-refractivity contribution in [2.75, 3.05) is 13.1 Å². The summed E-state index contributed by atoms with van der Waals surface area (Å²) in [5.41, 5.74) is 5.29. The van der Waals surface area contributed by atoms with Gasteiger partial charge in [-0.05, 0) is 73.8 Å². The summed E-state index contributed by atoms with van der Waals surface area (Å²) in [5.74, 6) is -0.288. The van der Waals surface area contributed by atoms with Crippen LogP contribution in [0.4, 0.5) is 0 Å². The van der Waals surface area contributed by atoms with Gasteiger partial charge in [0.25, 0.3) is 0 Å². The molecule has 5 N–H and O–H groups in total. The molecule has 160 valence electrons. The number of unbranched alkanes of at least 4 members (excludes halogenated alkanes) is 2. The maximum absolute atomic E-state index is 12.6. The maximum atomic E-state index is 12.6. The van der Waals surface area contributed by atoms with Crippen molar-refractivity contribution in [3.8, 4) is 0 Å². The lowest BCUT2D eigenvalue weighted by Gasteiger charge is -2.28. The lowest BCUT2D eigenvalue weighted by molar-refractivity contribution is -0.124. The lowest BCUT2D eigenvalue weighted by atomic mass is 10.0. The highest BCUT2D eigenvalue weighted by molar-refractivity contribution is 5.81. The molecule has 6 nitrogen and oxygen atoms in total. The molecule has 0 radical (unpaired) electrons. The largest absolute Gasteiger partial charge is 0.369 e. The Morgan fingerprint density at radius 3 is 1.93 bits per heavy atom. The average Bonchev–Trinajstić information content (AvgIpc) is 2.50. The van der Waals surface area contributed by atoms with Crippen molar-refractivity contribution in [3.05, 3.63) is 0 Å². The van der Waals surface area contributed by atoms with Crippen LogP contribution in [-0.4, -0.2) is 42.0 Å². The fourth-order valence-electron chi connectivity index (χ4n) is 2.78. The highest BCUT2D eigenvalue weighted by Crippen LogP contribution is 2.09. The number of amides is 2. The van der Waals surface area contributed by atoms with Gasteiger partial charge in [-0.3, -0.25) is 9.59 Å². The minimum Gasteiger partial charge on any atom is -0.369 e. The van der Waals surface area contributed by atoms with Crippen molar-refractivity contribution in [2.45, 2.75) is 104 Å². The molecule has 0 aliphatic heterocycles. The molecule has 2 unspecified atom stereocenters. The minimum atomic E-state index is -0.255. The molecule has 0 heterocycles. The number of hydrogen-bond donors (Lipinski definition) is 4. The summed E-state index contributed by atoms with van der Waals surface area (Å²) in [6.45, 7) is 16.2. The molecule has 2 atom stereocenters. The van der Waals surface area contributed by atoms with E-state index < -0.39 is 0 Å². The molecule has 0 aromatic rings. The van der Waals surface area contributed by atoms with Crippen LogP contribution in [0.15, 0.2) is 0 Å². The van der Waals surface area contributed by atoms with Gasteiger partial charge < -0.3 is 21.7 Å². The van der Waals surface area contributed by atoms with Gasteiger partial charge in [-0.2, -0.15) is 0 Å². The van der Waals surface area contributed by atoms with Crippen molar-refractivity contribution >= 4 is 11.8 Å². The fourth-order valence-corrected chi connectivity index (χ4v) is 2.78. The molecule has 2 amide bonds. The molecule has 0 fully saturated rings. The second kappa shape index (κ2) is 12.3. The van der Waals surface area contributed by atoms with Crippen LogP contribution in [0.25, 0.3) is 0 Å². The molecule has 6 heteroatoms. The summed E-state index contributed by atoms with van der Waals surface area (Å²) in [6, 6.07) is -0.177. The normalized spacial score (nSPS) is 14.6. The van der Waals surface area contributed by atoms with Crippen LogP contribution >= 0.6 is 0 Å².